The minimum absolute atomic E-state index is 0.0933. The van der Waals surface area contributed by atoms with Crippen LogP contribution in [0.15, 0.2) is 27.5 Å². The van der Waals surface area contributed by atoms with Crippen molar-refractivity contribution in [3.8, 4) is 6.07 Å². The van der Waals surface area contributed by atoms with Gasteiger partial charge in [-0.3, -0.25) is 4.79 Å². The lowest BCUT2D eigenvalue weighted by Gasteiger charge is -2.10. The third kappa shape index (κ3) is 2.63. The number of nitrogens with zero attached hydrogens (tertiary/aromatic N) is 3. The highest BCUT2D eigenvalue weighted by atomic mass is 79.9. The Labute approximate surface area is 123 Å². The molecule has 0 amide bonds. The van der Waals surface area contributed by atoms with Gasteiger partial charge >= 0.3 is 0 Å². The Morgan fingerprint density at radius 1 is 1.45 bits per heavy atom. The minimum Gasteiger partial charge on any atom is -0.266 e. The van der Waals surface area contributed by atoms with Crippen molar-refractivity contribution in [3.63, 3.8) is 0 Å². The van der Waals surface area contributed by atoms with Crippen molar-refractivity contribution in [1.82, 2.24) is 9.78 Å². The number of hydrogen-bond donors (Lipinski definition) is 0. The Morgan fingerprint density at radius 2 is 2.15 bits per heavy atom. The fourth-order valence-electron chi connectivity index (χ4n) is 1.82. The van der Waals surface area contributed by atoms with E-state index in [0.717, 1.165) is 0 Å². The molecule has 0 atom stereocenters. The second-order valence-electron chi connectivity index (χ2n) is 4.40. The van der Waals surface area contributed by atoms with E-state index in [1.807, 2.05) is 6.07 Å². The van der Waals surface area contributed by atoms with Gasteiger partial charge in [0.05, 0.1) is 12.2 Å². The fraction of sp³-hybridized carbons (Fsp3) is 0.214. The number of aromatic nitrogens is 2. The van der Waals surface area contributed by atoms with Crippen molar-refractivity contribution in [3.05, 3.63) is 61.2 Å². The van der Waals surface area contributed by atoms with E-state index in [-0.39, 0.29) is 17.9 Å². The Balaban J connectivity index is 2.53. The van der Waals surface area contributed by atoms with E-state index in [0.29, 0.717) is 21.3 Å². The number of nitriles is 1. The molecule has 20 heavy (non-hydrogen) atoms. The van der Waals surface area contributed by atoms with E-state index in [1.54, 1.807) is 19.9 Å². The molecule has 6 heteroatoms. The Bertz CT molecular complexity index is 777. The highest BCUT2D eigenvalue weighted by molar-refractivity contribution is 9.10. The molecule has 2 rings (SSSR count). The van der Waals surface area contributed by atoms with Gasteiger partial charge in [-0.1, -0.05) is 22.0 Å². The van der Waals surface area contributed by atoms with Gasteiger partial charge in [0.1, 0.15) is 17.4 Å². The van der Waals surface area contributed by atoms with Crippen LogP contribution in [-0.4, -0.2) is 9.78 Å². The van der Waals surface area contributed by atoms with Gasteiger partial charge < -0.3 is 0 Å². The third-order valence-corrected chi connectivity index (χ3v) is 3.82. The second-order valence-corrected chi connectivity index (χ2v) is 5.25. The third-order valence-electron chi connectivity index (χ3n) is 3.08. The lowest BCUT2D eigenvalue weighted by atomic mass is 10.1. The minimum atomic E-state index is -0.438. The topological polar surface area (TPSA) is 58.7 Å². The van der Waals surface area contributed by atoms with Gasteiger partial charge in [-0.05, 0) is 37.1 Å². The summed E-state index contributed by atoms with van der Waals surface area (Å²) < 4.78 is 14.8. The molecule has 0 fully saturated rings. The summed E-state index contributed by atoms with van der Waals surface area (Å²) in [5.41, 5.74) is 1.59. The predicted octanol–water partition coefficient (Wildman–Crippen LogP) is 2.68. The van der Waals surface area contributed by atoms with Crippen molar-refractivity contribution >= 4 is 15.9 Å². The van der Waals surface area contributed by atoms with Crippen LogP contribution < -0.4 is 5.56 Å². The van der Waals surface area contributed by atoms with E-state index < -0.39 is 5.56 Å². The molecule has 0 bridgehead atoms. The molecule has 4 nitrogen and oxygen atoms in total. The number of rotatable bonds is 2. The first kappa shape index (κ1) is 14.4. The molecule has 0 saturated carbocycles. The average molecular weight is 336 g/mol. The van der Waals surface area contributed by atoms with Gasteiger partial charge in [0, 0.05) is 4.47 Å². The number of hydrogen-bond acceptors (Lipinski definition) is 3. The molecule has 0 aliphatic rings. The van der Waals surface area contributed by atoms with Crippen molar-refractivity contribution < 1.29 is 4.39 Å². The largest absolute Gasteiger partial charge is 0.285 e. The number of benzene rings is 1. The molecular weight excluding hydrogens is 325 g/mol. The van der Waals surface area contributed by atoms with E-state index in [9.17, 15) is 9.18 Å². The Morgan fingerprint density at radius 3 is 2.75 bits per heavy atom. The van der Waals surface area contributed by atoms with Crippen LogP contribution in [0.4, 0.5) is 4.39 Å². The highest BCUT2D eigenvalue weighted by Gasteiger charge is 2.12. The van der Waals surface area contributed by atoms with Crippen LogP contribution in [0.5, 0.6) is 0 Å². The van der Waals surface area contributed by atoms with Crippen LogP contribution in [0, 0.1) is 31.0 Å². The first-order chi connectivity index (χ1) is 9.43. The SMILES string of the molecule is Cc1nn(Cc2ccc(F)cc2Br)c(=O)c(C#N)c1C. The molecule has 0 unspecified atom stereocenters. The normalized spacial score (nSPS) is 10.3. The highest BCUT2D eigenvalue weighted by Crippen LogP contribution is 2.18. The molecule has 2 aromatic rings. The van der Waals surface area contributed by atoms with Crippen LogP contribution in [0.1, 0.15) is 22.4 Å². The van der Waals surface area contributed by atoms with Crippen LogP contribution in [0.3, 0.4) is 0 Å². The smallest absolute Gasteiger partial charge is 0.266 e. The first-order valence-electron chi connectivity index (χ1n) is 5.86. The van der Waals surface area contributed by atoms with Crippen LogP contribution >= 0.6 is 15.9 Å². The summed E-state index contributed by atoms with van der Waals surface area (Å²) in [6, 6.07) is 6.13. The zero-order valence-electron chi connectivity index (χ0n) is 10.9. The molecule has 0 radical (unpaired) electrons. The first-order valence-corrected chi connectivity index (χ1v) is 6.65. The van der Waals surface area contributed by atoms with Gasteiger partial charge in [0.15, 0.2) is 0 Å². The summed E-state index contributed by atoms with van der Waals surface area (Å²) in [5, 5.41) is 13.2. The Hall–Kier alpha value is -2.00. The Kier molecular flexibility index (Phi) is 4.00. The van der Waals surface area contributed by atoms with E-state index in [2.05, 4.69) is 21.0 Å². The van der Waals surface area contributed by atoms with Crippen LogP contribution in [-0.2, 0) is 6.54 Å². The monoisotopic (exact) mass is 335 g/mol. The van der Waals surface area contributed by atoms with Crippen LogP contribution in [0.2, 0.25) is 0 Å². The summed E-state index contributed by atoms with van der Waals surface area (Å²) in [7, 11) is 0. The summed E-state index contributed by atoms with van der Waals surface area (Å²) >= 11 is 3.25. The molecule has 1 aromatic carbocycles. The van der Waals surface area contributed by atoms with Crippen molar-refractivity contribution in [1.29, 1.82) is 5.26 Å². The number of halogens is 2. The van der Waals surface area contributed by atoms with E-state index in [1.165, 1.54) is 16.8 Å². The van der Waals surface area contributed by atoms with E-state index in [4.69, 9.17) is 5.26 Å². The maximum absolute atomic E-state index is 13.0. The quantitative estimate of drug-likeness (QED) is 0.847. The van der Waals surface area contributed by atoms with Gasteiger partial charge in [0.25, 0.3) is 5.56 Å². The standard InChI is InChI=1S/C14H11BrFN3O/c1-8-9(2)18-19(14(20)12(8)6-17)7-10-3-4-11(16)5-13(10)15/h3-5H,7H2,1-2H3. The van der Waals surface area contributed by atoms with Crippen molar-refractivity contribution in [2.24, 2.45) is 0 Å². The molecule has 0 aliphatic carbocycles. The molecule has 1 aromatic heterocycles. The molecular formula is C14H11BrFN3O. The molecule has 0 saturated heterocycles. The summed E-state index contributed by atoms with van der Waals surface area (Å²) in [5.74, 6) is -0.362. The molecule has 1 heterocycles. The zero-order chi connectivity index (χ0) is 14.9. The van der Waals surface area contributed by atoms with Gasteiger partial charge in [-0.25, -0.2) is 9.07 Å². The lowest BCUT2D eigenvalue weighted by molar-refractivity contribution is 0.610. The van der Waals surface area contributed by atoms with Crippen molar-refractivity contribution in [2.45, 2.75) is 20.4 Å². The zero-order valence-corrected chi connectivity index (χ0v) is 12.5. The summed E-state index contributed by atoms with van der Waals surface area (Å²) in [6.07, 6.45) is 0. The molecule has 0 spiro atoms. The van der Waals surface area contributed by atoms with Crippen LogP contribution in [0.25, 0.3) is 0 Å². The van der Waals surface area contributed by atoms with Gasteiger partial charge in [0.2, 0.25) is 0 Å². The van der Waals surface area contributed by atoms with Crippen molar-refractivity contribution in [2.75, 3.05) is 0 Å². The van der Waals surface area contributed by atoms with E-state index >= 15 is 0 Å². The molecule has 0 N–H and O–H groups in total. The maximum atomic E-state index is 13.0. The maximum Gasteiger partial charge on any atom is 0.285 e. The predicted molar refractivity (Wildman–Crippen MR) is 75.9 cm³/mol. The fourth-order valence-corrected chi connectivity index (χ4v) is 2.30. The molecule has 102 valence electrons. The van der Waals surface area contributed by atoms with Gasteiger partial charge in [-0.2, -0.15) is 10.4 Å². The average Bonchev–Trinajstić information content (AvgIpc) is 2.39. The summed E-state index contributed by atoms with van der Waals surface area (Å²) in [6.45, 7) is 3.61. The number of aryl methyl sites for hydroxylation is 1. The van der Waals surface area contributed by atoms with Gasteiger partial charge in [-0.15, -0.1) is 0 Å². The summed E-state index contributed by atoms with van der Waals surface area (Å²) in [4.78, 5) is 12.1. The lowest BCUT2D eigenvalue weighted by Crippen LogP contribution is -2.28. The second kappa shape index (κ2) is 5.55. The molecule has 0 aliphatic heterocycles.